The van der Waals surface area contributed by atoms with Gasteiger partial charge in [-0.05, 0) is 50.1 Å². The van der Waals surface area contributed by atoms with Gasteiger partial charge in [0.1, 0.15) is 0 Å². The van der Waals surface area contributed by atoms with E-state index in [0.717, 1.165) is 11.3 Å². The van der Waals surface area contributed by atoms with Gasteiger partial charge in [0, 0.05) is 11.6 Å². The van der Waals surface area contributed by atoms with E-state index in [1.54, 1.807) is 57.2 Å². The highest BCUT2D eigenvalue weighted by Gasteiger charge is 2.34. The fraction of sp³-hybridized carbons (Fsp3) is 0.269. The maximum absolute atomic E-state index is 13.7. The lowest BCUT2D eigenvalue weighted by Gasteiger charge is -2.24. The number of rotatable bonds is 7. The summed E-state index contributed by atoms with van der Waals surface area (Å²) in [6.45, 7) is 5.09. The van der Waals surface area contributed by atoms with Crippen LogP contribution in [0.2, 0.25) is 0 Å². The third-order valence-electron chi connectivity index (χ3n) is 5.97. The molecule has 1 aliphatic heterocycles. The van der Waals surface area contributed by atoms with E-state index in [4.69, 9.17) is 14.2 Å². The summed E-state index contributed by atoms with van der Waals surface area (Å²) in [5.41, 5.74) is 1.62. The minimum atomic E-state index is -0.942. The van der Waals surface area contributed by atoms with Crippen LogP contribution in [-0.4, -0.2) is 36.3 Å². The average molecular weight is 524 g/mol. The molecule has 10 nitrogen and oxygen atoms in total. The molecule has 4 rings (SSSR count). The number of benzene rings is 2. The second-order valence-corrected chi connectivity index (χ2v) is 9.23. The number of allylic oxidation sites excluding steroid dienone is 1. The Morgan fingerprint density at radius 1 is 1.16 bits per heavy atom. The maximum Gasteiger partial charge on any atom is 0.338 e. The minimum absolute atomic E-state index is 0.109. The predicted molar refractivity (Wildman–Crippen MR) is 138 cm³/mol. The van der Waals surface area contributed by atoms with E-state index < -0.39 is 16.9 Å². The number of hydrogen-bond donors (Lipinski definition) is 0. The molecule has 0 saturated carbocycles. The van der Waals surface area contributed by atoms with Crippen LogP contribution in [0, 0.1) is 17.0 Å². The highest BCUT2D eigenvalue weighted by molar-refractivity contribution is 7.07. The van der Waals surface area contributed by atoms with Crippen molar-refractivity contribution in [2.45, 2.75) is 26.8 Å². The van der Waals surface area contributed by atoms with Gasteiger partial charge in [-0.15, -0.1) is 0 Å². The number of thiazole rings is 1. The van der Waals surface area contributed by atoms with Gasteiger partial charge in [0.2, 0.25) is 0 Å². The molecule has 2 heterocycles. The van der Waals surface area contributed by atoms with Gasteiger partial charge in [-0.1, -0.05) is 29.5 Å². The van der Waals surface area contributed by atoms with Crippen LogP contribution in [0.15, 0.2) is 57.5 Å². The molecule has 0 aliphatic carbocycles. The summed E-state index contributed by atoms with van der Waals surface area (Å²) in [6, 6.07) is 8.99. The number of esters is 1. The number of carbonyl (C=O) groups excluding carboxylic acids is 1. The summed E-state index contributed by atoms with van der Waals surface area (Å²) >= 11 is 1.16. The topological polar surface area (TPSA) is 122 Å². The van der Waals surface area contributed by atoms with E-state index in [-0.39, 0.29) is 23.4 Å². The van der Waals surface area contributed by atoms with Crippen LogP contribution in [0.1, 0.15) is 36.6 Å². The van der Waals surface area contributed by atoms with Crippen molar-refractivity contribution in [3.63, 3.8) is 0 Å². The van der Waals surface area contributed by atoms with Crippen molar-refractivity contribution >= 4 is 29.1 Å². The molecule has 2 aromatic carbocycles. The Hall–Kier alpha value is -4.25. The van der Waals surface area contributed by atoms with Crippen molar-refractivity contribution in [2.24, 2.45) is 4.99 Å². The van der Waals surface area contributed by atoms with Gasteiger partial charge in [0.15, 0.2) is 16.3 Å². The number of fused-ring (bicyclic) bond motifs is 1. The van der Waals surface area contributed by atoms with Crippen molar-refractivity contribution in [2.75, 3.05) is 20.8 Å². The van der Waals surface area contributed by atoms with E-state index in [1.165, 1.54) is 24.9 Å². The quantitative estimate of drug-likeness (QED) is 0.265. The molecule has 0 saturated heterocycles. The molecule has 1 aromatic heterocycles. The number of nitro groups is 1. The molecule has 3 aromatic rings. The van der Waals surface area contributed by atoms with Crippen LogP contribution in [0.4, 0.5) is 5.69 Å². The summed E-state index contributed by atoms with van der Waals surface area (Å²) < 4.78 is 17.7. The zero-order valence-corrected chi connectivity index (χ0v) is 21.8. The zero-order chi connectivity index (χ0) is 26.9. The molecule has 11 heteroatoms. The highest BCUT2D eigenvalue weighted by Crippen LogP contribution is 2.33. The summed E-state index contributed by atoms with van der Waals surface area (Å²) in [4.78, 5) is 42.8. The number of methoxy groups -OCH3 is 2. The average Bonchev–Trinajstić information content (AvgIpc) is 3.17. The molecule has 1 atom stereocenters. The van der Waals surface area contributed by atoms with Gasteiger partial charge in [-0.2, -0.15) is 0 Å². The first-order chi connectivity index (χ1) is 17.7. The molecule has 0 fully saturated rings. The summed E-state index contributed by atoms with van der Waals surface area (Å²) in [5, 5.41) is 11.6. The van der Waals surface area contributed by atoms with Crippen LogP contribution < -0.4 is 24.4 Å². The summed E-state index contributed by atoms with van der Waals surface area (Å²) in [5.74, 6) is 0.428. The van der Waals surface area contributed by atoms with Crippen LogP contribution >= 0.6 is 11.3 Å². The summed E-state index contributed by atoms with van der Waals surface area (Å²) in [6.07, 6.45) is 1.70. The summed E-state index contributed by atoms with van der Waals surface area (Å²) in [7, 11) is 3.06. The van der Waals surface area contributed by atoms with Gasteiger partial charge in [0.05, 0.1) is 47.6 Å². The van der Waals surface area contributed by atoms with E-state index in [0.29, 0.717) is 43.2 Å². The number of nitrogens with zero attached hydrogens (tertiary/aromatic N) is 3. The SMILES string of the molecule is CCOC(=O)C1=C(C)N=c2s/c(=C/c3ccc(OC)c(OC)c3)c(=O)n2[C@H]1c1ccc(C)c([N+](=O)[O-])c1. The van der Waals surface area contributed by atoms with Crippen molar-refractivity contribution in [1.29, 1.82) is 0 Å². The zero-order valence-electron chi connectivity index (χ0n) is 20.9. The normalized spacial score (nSPS) is 15.2. The van der Waals surface area contributed by atoms with Gasteiger partial charge in [-0.3, -0.25) is 19.5 Å². The van der Waals surface area contributed by atoms with Crippen LogP contribution in [-0.2, 0) is 9.53 Å². The highest BCUT2D eigenvalue weighted by atomic mass is 32.1. The Bertz CT molecular complexity index is 1620. The van der Waals surface area contributed by atoms with Crippen molar-refractivity contribution < 1.29 is 23.9 Å². The third-order valence-corrected chi connectivity index (χ3v) is 6.95. The second-order valence-electron chi connectivity index (χ2n) is 8.22. The van der Waals surface area contributed by atoms with Gasteiger partial charge < -0.3 is 14.2 Å². The van der Waals surface area contributed by atoms with Gasteiger partial charge >= 0.3 is 5.97 Å². The Kier molecular flexibility index (Phi) is 7.25. The first-order valence-electron chi connectivity index (χ1n) is 11.4. The molecular weight excluding hydrogens is 498 g/mol. The largest absolute Gasteiger partial charge is 0.493 e. The molecule has 0 amide bonds. The number of aryl methyl sites for hydroxylation is 1. The van der Waals surface area contributed by atoms with Gasteiger partial charge in [0.25, 0.3) is 11.2 Å². The first kappa shape index (κ1) is 25.8. The third kappa shape index (κ3) is 4.77. The van der Waals surface area contributed by atoms with E-state index >= 15 is 0 Å². The molecule has 1 aliphatic rings. The van der Waals surface area contributed by atoms with Crippen LogP contribution in [0.3, 0.4) is 0 Å². The molecule has 192 valence electrons. The molecule has 0 N–H and O–H groups in total. The van der Waals surface area contributed by atoms with Crippen LogP contribution in [0.5, 0.6) is 11.5 Å². The van der Waals surface area contributed by atoms with Crippen LogP contribution in [0.25, 0.3) is 6.08 Å². The monoisotopic (exact) mass is 523 g/mol. The smallest absolute Gasteiger partial charge is 0.338 e. The van der Waals surface area contributed by atoms with E-state index in [9.17, 15) is 19.7 Å². The Labute approximate surface area is 215 Å². The fourth-order valence-corrected chi connectivity index (χ4v) is 5.24. The molecular formula is C26H25N3O7S. The number of carbonyl (C=O) groups is 1. The number of hydrogen-bond acceptors (Lipinski definition) is 9. The lowest BCUT2D eigenvalue weighted by molar-refractivity contribution is -0.385. The molecule has 0 radical (unpaired) electrons. The van der Waals surface area contributed by atoms with Crippen molar-refractivity contribution in [1.82, 2.24) is 4.57 Å². The minimum Gasteiger partial charge on any atom is -0.493 e. The second kappa shape index (κ2) is 10.4. The molecule has 37 heavy (non-hydrogen) atoms. The van der Waals surface area contributed by atoms with E-state index in [1.807, 2.05) is 0 Å². The fourth-order valence-electron chi connectivity index (χ4n) is 4.19. The molecule has 0 spiro atoms. The Balaban J connectivity index is 1.96. The number of ether oxygens (including phenoxy) is 3. The standard InChI is InChI=1S/C26H25N3O7S/c1-6-36-25(31)22-15(3)27-26-28(23(22)17-9-7-14(2)18(13-17)29(32)33)24(30)21(37-26)12-16-8-10-19(34-4)20(11-16)35-5/h7-13,23H,6H2,1-5H3/b21-12+/t23-/m0/s1. The van der Waals surface area contributed by atoms with Gasteiger partial charge in [-0.25, -0.2) is 9.79 Å². The predicted octanol–water partition coefficient (Wildman–Crippen LogP) is 3.03. The molecule has 0 unspecified atom stereocenters. The van der Waals surface area contributed by atoms with Crippen molar-refractivity contribution in [3.05, 3.63) is 94.2 Å². The Morgan fingerprint density at radius 3 is 2.54 bits per heavy atom. The number of aromatic nitrogens is 1. The lowest BCUT2D eigenvalue weighted by Crippen LogP contribution is -2.40. The lowest BCUT2D eigenvalue weighted by atomic mass is 9.94. The maximum atomic E-state index is 13.7. The van der Waals surface area contributed by atoms with Crippen molar-refractivity contribution in [3.8, 4) is 11.5 Å². The first-order valence-corrected chi connectivity index (χ1v) is 12.2. The molecule has 0 bridgehead atoms. The number of nitro benzene ring substituents is 1. The Morgan fingerprint density at radius 2 is 1.89 bits per heavy atom. The van der Waals surface area contributed by atoms with E-state index in [2.05, 4.69) is 4.99 Å².